The highest BCUT2D eigenvalue weighted by Gasteiger charge is 2.21. The molecule has 8 heteroatoms. The molecule has 0 spiro atoms. The van der Waals surface area contributed by atoms with Gasteiger partial charge in [-0.3, -0.25) is 9.59 Å². The molecular weight excluding hydrogens is 363 g/mol. The van der Waals surface area contributed by atoms with Crippen LogP contribution in [0.2, 0.25) is 10.0 Å². The Morgan fingerprint density at radius 3 is 2.80 bits per heavy atom. The van der Waals surface area contributed by atoms with Gasteiger partial charge in [0.05, 0.1) is 24.1 Å². The number of amides is 1. The van der Waals surface area contributed by atoms with Crippen LogP contribution in [0.15, 0.2) is 29.2 Å². The van der Waals surface area contributed by atoms with E-state index in [1.807, 2.05) is 6.92 Å². The number of aryl methyl sites for hydroxylation is 1. The molecular formula is C17H18Cl2N4O2. The van der Waals surface area contributed by atoms with Crippen LogP contribution in [0.3, 0.4) is 0 Å². The van der Waals surface area contributed by atoms with Crippen molar-refractivity contribution in [1.29, 1.82) is 0 Å². The average molecular weight is 381 g/mol. The fourth-order valence-electron chi connectivity index (χ4n) is 2.27. The van der Waals surface area contributed by atoms with Crippen LogP contribution >= 0.6 is 23.2 Å². The van der Waals surface area contributed by atoms with E-state index < -0.39 is 5.56 Å². The maximum absolute atomic E-state index is 12.4. The van der Waals surface area contributed by atoms with Crippen molar-refractivity contribution in [2.24, 2.45) is 5.92 Å². The van der Waals surface area contributed by atoms with Gasteiger partial charge in [0.1, 0.15) is 5.02 Å². The van der Waals surface area contributed by atoms with E-state index in [-0.39, 0.29) is 17.5 Å². The van der Waals surface area contributed by atoms with Crippen LogP contribution in [-0.2, 0) is 4.79 Å². The number of carbonyl (C=O) groups excluding carboxylic acids is 1. The first-order chi connectivity index (χ1) is 12.0. The molecule has 0 aliphatic heterocycles. The van der Waals surface area contributed by atoms with E-state index in [0.29, 0.717) is 28.9 Å². The van der Waals surface area contributed by atoms with Gasteiger partial charge in [0.15, 0.2) is 0 Å². The number of hydrogen-bond acceptors (Lipinski definition) is 4. The molecule has 0 atom stereocenters. The predicted molar refractivity (Wildman–Crippen MR) is 98.8 cm³/mol. The zero-order chi connectivity index (χ0) is 18.0. The topological polar surface area (TPSA) is 76.0 Å². The Hall–Kier alpha value is -2.05. The Morgan fingerprint density at radius 2 is 2.12 bits per heavy atom. The Labute approximate surface area is 155 Å². The van der Waals surface area contributed by atoms with Gasteiger partial charge in [-0.15, -0.1) is 0 Å². The van der Waals surface area contributed by atoms with Crippen LogP contribution in [-0.4, -0.2) is 28.8 Å². The van der Waals surface area contributed by atoms with Crippen molar-refractivity contribution in [3.05, 3.63) is 50.4 Å². The highest BCUT2D eigenvalue weighted by atomic mass is 35.5. The minimum atomic E-state index is -0.482. The molecule has 2 aromatic rings. The summed E-state index contributed by atoms with van der Waals surface area (Å²) in [6, 6.07) is 5.19. The van der Waals surface area contributed by atoms with E-state index >= 15 is 0 Å². The summed E-state index contributed by atoms with van der Waals surface area (Å²) in [7, 11) is 0. The molecule has 1 amide bonds. The molecule has 1 aliphatic rings. The number of aromatic nitrogens is 2. The first-order valence-electron chi connectivity index (χ1n) is 8.00. The summed E-state index contributed by atoms with van der Waals surface area (Å²) in [5.41, 5.74) is 1.27. The van der Waals surface area contributed by atoms with Crippen molar-refractivity contribution in [1.82, 2.24) is 15.1 Å². The van der Waals surface area contributed by atoms with Crippen molar-refractivity contribution >= 4 is 34.8 Å². The van der Waals surface area contributed by atoms with E-state index in [0.717, 1.165) is 5.56 Å². The zero-order valence-electron chi connectivity index (χ0n) is 13.7. The fourth-order valence-corrected chi connectivity index (χ4v) is 2.64. The first kappa shape index (κ1) is 17.8. The van der Waals surface area contributed by atoms with Gasteiger partial charge in [0.2, 0.25) is 5.91 Å². The van der Waals surface area contributed by atoms with E-state index in [2.05, 4.69) is 15.7 Å². The third kappa shape index (κ3) is 4.32. The van der Waals surface area contributed by atoms with Crippen molar-refractivity contribution in [2.45, 2.75) is 19.8 Å². The third-order valence-electron chi connectivity index (χ3n) is 4.04. The molecule has 1 fully saturated rings. The van der Waals surface area contributed by atoms with Gasteiger partial charge in [0, 0.05) is 11.6 Å². The molecule has 2 N–H and O–H groups in total. The molecule has 1 heterocycles. The lowest BCUT2D eigenvalue weighted by molar-refractivity contribution is -0.119. The van der Waals surface area contributed by atoms with Crippen LogP contribution in [0.25, 0.3) is 5.69 Å². The van der Waals surface area contributed by atoms with Crippen LogP contribution in [0.1, 0.15) is 18.4 Å². The molecule has 0 radical (unpaired) electrons. The normalized spacial score (nSPS) is 13.6. The second-order valence-corrected chi connectivity index (χ2v) is 6.91. The van der Waals surface area contributed by atoms with Crippen LogP contribution in [0.5, 0.6) is 0 Å². The van der Waals surface area contributed by atoms with Gasteiger partial charge in [-0.2, -0.15) is 9.78 Å². The van der Waals surface area contributed by atoms with Gasteiger partial charge in [-0.05, 0) is 43.4 Å². The van der Waals surface area contributed by atoms with Crippen molar-refractivity contribution in [3.8, 4) is 5.69 Å². The number of benzene rings is 1. The highest BCUT2D eigenvalue weighted by molar-refractivity contribution is 6.33. The number of nitrogens with zero attached hydrogens (tertiary/aromatic N) is 2. The van der Waals surface area contributed by atoms with Gasteiger partial charge in [0.25, 0.3) is 5.56 Å². The standard InChI is InChI=1S/C17H18Cl2N4O2/c1-10-2-5-12(6-13(10)18)23-17(25)16(19)14(8-22-23)20-9-15(24)21-7-11-3-4-11/h2,5-6,8,11,20H,3-4,7,9H2,1H3,(H,21,24). The third-order valence-corrected chi connectivity index (χ3v) is 4.82. The van der Waals surface area contributed by atoms with Gasteiger partial charge < -0.3 is 10.6 Å². The summed E-state index contributed by atoms with van der Waals surface area (Å²) >= 11 is 12.2. The Balaban J connectivity index is 1.72. The summed E-state index contributed by atoms with van der Waals surface area (Å²) in [6.45, 7) is 2.60. The Morgan fingerprint density at radius 1 is 1.36 bits per heavy atom. The largest absolute Gasteiger partial charge is 0.373 e. The second kappa shape index (κ2) is 7.45. The van der Waals surface area contributed by atoms with Crippen molar-refractivity contribution in [3.63, 3.8) is 0 Å². The molecule has 0 bridgehead atoms. The Kier molecular flexibility index (Phi) is 5.30. The van der Waals surface area contributed by atoms with Crippen LogP contribution < -0.4 is 16.2 Å². The number of carbonyl (C=O) groups is 1. The molecule has 1 aromatic heterocycles. The Bertz CT molecular complexity index is 862. The summed E-state index contributed by atoms with van der Waals surface area (Å²) < 4.78 is 1.17. The molecule has 1 saturated carbocycles. The number of halogens is 2. The highest BCUT2D eigenvalue weighted by Crippen LogP contribution is 2.27. The molecule has 132 valence electrons. The van der Waals surface area contributed by atoms with Gasteiger partial charge in [-0.25, -0.2) is 0 Å². The molecule has 25 heavy (non-hydrogen) atoms. The lowest BCUT2D eigenvalue weighted by Crippen LogP contribution is -2.32. The number of hydrogen-bond donors (Lipinski definition) is 2. The van der Waals surface area contributed by atoms with Crippen LogP contribution in [0.4, 0.5) is 5.69 Å². The van der Waals surface area contributed by atoms with Crippen molar-refractivity contribution < 1.29 is 4.79 Å². The SMILES string of the molecule is Cc1ccc(-n2ncc(NCC(=O)NCC3CC3)c(Cl)c2=O)cc1Cl. The second-order valence-electron chi connectivity index (χ2n) is 6.12. The maximum atomic E-state index is 12.4. The van der Waals surface area contributed by atoms with Gasteiger partial charge in [-0.1, -0.05) is 29.3 Å². The van der Waals surface area contributed by atoms with Gasteiger partial charge >= 0.3 is 0 Å². The number of rotatable bonds is 6. The fraction of sp³-hybridized carbons (Fsp3) is 0.353. The molecule has 0 unspecified atom stereocenters. The molecule has 1 aliphatic carbocycles. The smallest absolute Gasteiger partial charge is 0.292 e. The molecule has 0 saturated heterocycles. The van der Waals surface area contributed by atoms with E-state index in [4.69, 9.17) is 23.2 Å². The summed E-state index contributed by atoms with van der Waals surface area (Å²) in [5, 5.41) is 10.3. The minimum absolute atomic E-state index is 0.0262. The lowest BCUT2D eigenvalue weighted by atomic mass is 10.2. The average Bonchev–Trinajstić information content (AvgIpc) is 3.41. The monoisotopic (exact) mass is 380 g/mol. The number of anilines is 1. The quantitative estimate of drug-likeness (QED) is 0.807. The molecule has 3 rings (SSSR count). The predicted octanol–water partition coefficient (Wildman–Crippen LogP) is 2.79. The summed E-state index contributed by atoms with van der Waals surface area (Å²) in [4.78, 5) is 24.2. The van der Waals surface area contributed by atoms with E-state index in [1.54, 1.807) is 18.2 Å². The first-order valence-corrected chi connectivity index (χ1v) is 8.76. The minimum Gasteiger partial charge on any atom is -0.373 e. The molecule has 6 nitrogen and oxygen atoms in total. The molecule has 1 aromatic carbocycles. The summed E-state index contributed by atoms with van der Waals surface area (Å²) in [6.07, 6.45) is 3.76. The summed E-state index contributed by atoms with van der Waals surface area (Å²) in [5.74, 6) is 0.469. The van der Waals surface area contributed by atoms with E-state index in [9.17, 15) is 9.59 Å². The number of nitrogens with one attached hydrogen (secondary N) is 2. The lowest BCUT2D eigenvalue weighted by Gasteiger charge is -2.11. The zero-order valence-corrected chi connectivity index (χ0v) is 15.2. The maximum Gasteiger partial charge on any atom is 0.292 e. The van der Waals surface area contributed by atoms with Crippen LogP contribution in [0, 0.1) is 12.8 Å². The van der Waals surface area contributed by atoms with Crippen molar-refractivity contribution in [2.75, 3.05) is 18.4 Å². The van der Waals surface area contributed by atoms with E-state index in [1.165, 1.54) is 23.7 Å².